The molecule has 10 heteroatoms. The van der Waals surface area contributed by atoms with Crippen molar-refractivity contribution in [3.05, 3.63) is 81.1 Å². The minimum absolute atomic E-state index is 0.209. The van der Waals surface area contributed by atoms with Crippen LogP contribution < -0.4 is 14.4 Å². The Bertz CT molecular complexity index is 1470. The van der Waals surface area contributed by atoms with Crippen LogP contribution in [0.25, 0.3) is 10.1 Å². The van der Waals surface area contributed by atoms with Crippen molar-refractivity contribution in [2.75, 3.05) is 23.3 Å². The molecule has 1 heterocycles. The van der Waals surface area contributed by atoms with Crippen molar-refractivity contribution in [1.29, 1.82) is 0 Å². The number of nitrogens with zero attached hydrogens (tertiary/aromatic N) is 1. The minimum atomic E-state index is -3.74. The van der Waals surface area contributed by atoms with E-state index in [0.717, 1.165) is 14.6 Å². The maximum absolute atomic E-state index is 13.2. The Labute approximate surface area is 215 Å². The number of ether oxygens (including phenoxy) is 1. The molecule has 0 atom stereocenters. The zero-order chi connectivity index (χ0) is 24.5. The van der Waals surface area contributed by atoms with Gasteiger partial charge in [-0.2, -0.15) is 0 Å². The molecule has 176 valence electrons. The van der Waals surface area contributed by atoms with Gasteiger partial charge in [0.2, 0.25) is 0 Å². The van der Waals surface area contributed by atoms with Crippen molar-refractivity contribution in [3.63, 3.8) is 0 Å². The number of sulfonamides is 1. The van der Waals surface area contributed by atoms with Crippen LogP contribution in [0.1, 0.15) is 16.6 Å². The van der Waals surface area contributed by atoms with E-state index in [4.69, 9.17) is 16.3 Å². The van der Waals surface area contributed by atoms with Gasteiger partial charge in [0, 0.05) is 21.4 Å². The molecule has 0 aliphatic heterocycles. The highest BCUT2D eigenvalue weighted by Crippen LogP contribution is 2.33. The Morgan fingerprint density at radius 1 is 1.09 bits per heavy atom. The van der Waals surface area contributed by atoms with Gasteiger partial charge in [-0.15, -0.1) is 11.3 Å². The normalized spacial score (nSPS) is 11.4. The van der Waals surface area contributed by atoms with Gasteiger partial charge in [-0.05, 0) is 79.0 Å². The van der Waals surface area contributed by atoms with Crippen LogP contribution in [0.5, 0.6) is 5.75 Å². The largest absolute Gasteiger partial charge is 0.495 e. The smallest absolute Gasteiger partial charge is 0.265 e. The highest BCUT2D eigenvalue weighted by atomic mass is 79.9. The summed E-state index contributed by atoms with van der Waals surface area (Å²) >= 11 is 10.8. The number of anilines is 2. The van der Waals surface area contributed by atoms with Crippen molar-refractivity contribution in [3.8, 4) is 5.75 Å². The third-order valence-corrected chi connectivity index (χ3v) is 8.97. The molecule has 1 aromatic heterocycles. The van der Waals surface area contributed by atoms with Gasteiger partial charge in [0.15, 0.2) is 0 Å². The molecule has 0 aliphatic carbocycles. The molecule has 34 heavy (non-hydrogen) atoms. The molecule has 0 aliphatic rings. The average Bonchev–Trinajstić information content (AvgIpc) is 3.24. The van der Waals surface area contributed by atoms with Crippen LogP contribution in [0, 0.1) is 0 Å². The fraction of sp³-hybridized carbons (Fsp3) is 0.125. The second-order valence-corrected chi connectivity index (χ2v) is 11.5. The molecule has 0 saturated carbocycles. The molecule has 0 saturated heterocycles. The van der Waals surface area contributed by atoms with Crippen LogP contribution in [0.3, 0.4) is 0 Å². The summed E-state index contributed by atoms with van der Waals surface area (Å²) in [5, 5.41) is 4.01. The van der Waals surface area contributed by atoms with Gasteiger partial charge >= 0.3 is 0 Å². The number of halogens is 2. The summed E-state index contributed by atoms with van der Waals surface area (Å²) in [6.45, 7) is 2.05. The zero-order valence-electron chi connectivity index (χ0n) is 18.2. The topological polar surface area (TPSA) is 75.7 Å². The lowest BCUT2D eigenvalue weighted by Crippen LogP contribution is -2.30. The van der Waals surface area contributed by atoms with E-state index >= 15 is 0 Å². The standard InChI is InChI=1S/C24H20BrClN2O4S2/c1-3-28(34(30,31)19-8-4-16(25)5-9-19)18-7-11-22-15(12-18)13-23(33-22)24(29)27-17-6-10-21(32-2)20(26)14-17/h4-14H,3H2,1-2H3,(H,27,29). The van der Waals surface area contributed by atoms with Crippen LogP contribution in [-0.2, 0) is 10.0 Å². The highest BCUT2D eigenvalue weighted by molar-refractivity contribution is 9.10. The Kier molecular flexibility index (Phi) is 7.18. The molecule has 0 unspecified atom stereocenters. The lowest BCUT2D eigenvalue weighted by molar-refractivity contribution is 0.103. The van der Waals surface area contributed by atoms with Crippen LogP contribution in [-0.4, -0.2) is 28.0 Å². The van der Waals surface area contributed by atoms with Crippen LogP contribution in [0.4, 0.5) is 11.4 Å². The molecule has 1 amide bonds. The van der Waals surface area contributed by atoms with Gasteiger partial charge in [-0.1, -0.05) is 27.5 Å². The van der Waals surface area contributed by atoms with E-state index in [2.05, 4.69) is 21.2 Å². The Balaban J connectivity index is 1.61. The molecule has 0 radical (unpaired) electrons. The van der Waals surface area contributed by atoms with Crippen molar-refractivity contribution in [2.45, 2.75) is 11.8 Å². The van der Waals surface area contributed by atoms with Crippen molar-refractivity contribution >= 4 is 76.3 Å². The lowest BCUT2D eigenvalue weighted by atomic mass is 10.2. The fourth-order valence-corrected chi connectivity index (χ4v) is 6.39. The first-order chi connectivity index (χ1) is 16.2. The van der Waals surface area contributed by atoms with Crippen LogP contribution in [0.2, 0.25) is 5.02 Å². The number of carbonyl (C=O) groups is 1. The second kappa shape index (κ2) is 9.95. The van der Waals surface area contributed by atoms with E-state index in [1.54, 1.807) is 67.6 Å². The number of hydrogen-bond donors (Lipinski definition) is 1. The number of hydrogen-bond acceptors (Lipinski definition) is 5. The molecule has 0 spiro atoms. The summed E-state index contributed by atoms with van der Waals surface area (Å²) < 4.78 is 34.6. The Morgan fingerprint density at radius 2 is 1.82 bits per heavy atom. The predicted molar refractivity (Wildman–Crippen MR) is 142 cm³/mol. The number of rotatable bonds is 7. The first kappa shape index (κ1) is 24.5. The first-order valence-electron chi connectivity index (χ1n) is 10.2. The van der Waals surface area contributed by atoms with Gasteiger partial charge in [0.1, 0.15) is 5.75 Å². The third kappa shape index (κ3) is 4.93. The van der Waals surface area contributed by atoms with E-state index < -0.39 is 10.0 Å². The number of amides is 1. The van der Waals surface area contributed by atoms with Gasteiger partial charge in [-0.3, -0.25) is 9.10 Å². The molecular weight excluding hydrogens is 560 g/mol. The van der Waals surface area contributed by atoms with Gasteiger partial charge < -0.3 is 10.1 Å². The van der Waals surface area contributed by atoms with E-state index in [0.29, 0.717) is 27.0 Å². The summed E-state index contributed by atoms with van der Waals surface area (Å²) in [4.78, 5) is 13.5. The van der Waals surface area contributed by atoms with E-state index in [-0.39, 0.29) is 17.3 Å². The summed E-state index contributed by atoms with van der Waals surface area (Å²) in [5.41, 5.74) is 1.08. The van der Waals surface area contributed by atoms with E-state index in [1.165, 1.54) is 22.8 Å². The molecule has 0 fully saturated rings. The van der Waals surface area contributed by atoms with Gasteiger partial charge in [0.05, 0.1) is 27.6 Å². The maximum Gasteiger partial charge on any atom is 0.265 e. The molecule has 0 bridgehead atoms. The molecule has 6 nitrogen and oxygen atoms in total. The van der Waals surface area contributed by atoms with E-state index in [1.807, 2.05) is 6.07 Å². The number of carbonyl (C=O) groups excluding carboxylic acids is 1. The van der Waals surface area contributed by atoms with Crippen molar-refractivity contribution in [2.24, 2.45) is 0 Å². The van der Waals surface area contributed by atoms with Crippen LogP contribution in [0.15, 0.2) is 76.1 Å². The van der Waals surface area contributed by atoms with Crippen LogP contribution >= 0.6 is 38.9 Å². The minimum Gasteiger partial charge on any atom is -0.495 e. The number of fused-ring (bicyclic) bond motifs is 1. The summed E-state index contributed by atoms with van der Waals surface area (Å²) in [6.07, 6.45) is 0. The lowest BCUT2D eigenvalue weighted by Gasteiger charge is -2.23. The Morgan fingerprint density at radius 3 is 2.47 bits per heavy atom. The summed E-state index contributed by atoms with van der Waals surface area (Å²) in [6, 6.07) is 18.7. The summed E-state index contributed by atoms with van der Waals surface area (Å²) in [5.74, 6) is 0.242. The van der Waals surface area contributed by atoms with Crippen molar-refractivity contribution < 1.29 is 17.9 Å². The molecule has 1 N–H and O–H groups in total. The molecule has 4 rings (SSSR count). The van der Waals surface area contributed by atoms with Gasteiger partial charge in [0.25, 0.3) is 15.9 Å². The monoisotopic (exact) mass is 578 g/mol. The third-order valence-electron chi connectivity index (χ3n) is 5.11. The quantitative estimate of drug-likeness (QED) is 0.261. The highest BCUT2D eigenvalue weighted by Gasteiger charge is 2.24. The maximum atomic E-state index is 13.2. The fourth-order valence-electron chi connectivity index (χ4n) is 3.46. The van der Waals surface area contributed by atoms with Gasteiger partial charge in [-0.25, -0.2) is 8.42 Å². The average molecular weight is 580 g/mol. The van der Waals surface area contributed by atoms with Crippen molar-refractivity contribution in [1.82, 2.24) is 0 Å². The zero-order valence-corrected chi connectivity index (χ0v) is 22.2. The first-order valence-corrected chi connectivity index (χ1v) is 13.6. The summed E-state index contributed by atoms with van der Waals surface area (Å²) in [7, 11) is -2.21. The number of thiophene rings is 1. The molecular formula is C24H20BrClN2O4S2. The number of nitrogens with one attached hydrogen (secondary N) is 1. The number of methoxy groups -OCH3 is 1. The SMILES string of the molecule is CCN(c1ccc2sc(C(=O)Nc3ccc(OC)c(Cl)c3)cc2c1)S(=O)(=O)c1ccc(Br)cc1. The molecule has 3 aromatic carbocycles. The molecule has 4 aromatic rings. The second-order valence-electron chi connectivity index (χ2n) is 7.26. The number of benzene rings is 3. The predicted octanol–water partition coefficient (Wildman–Crippen LogP) is 6.79. The van der Waals surface area contributed by atoms with E-state index in [9.17, 15) is 13.2 Å². The Hall–Kier alpha value is -2.59.